The predicted octanol–water partition coefficient (Wildman–Crippen LogP) is 5.85. The Labute approximate surface area is 222 Å². The maximum absolute atomic E-state index is 14.0. The van der Waals surface area contributed by atoms with Crippen molar-refractivity contribution in [3.8, 4) is 5.75 Å². The summed E-state index contributed by atoms with van der Waals surface area (Å²) in [6.07, 6.45) is 3.61. The van der Waals surface area contributed by atoms with Crippen LogP contribution in [-0.4, -0.2) is 43.1 Å². The zero-order valence-corrected chi connectivity index (χ0v) is 22.0. The van der Waals surface area contributed by atoms with E-state index in [1.165, 1.54) is 16.7 Å². The predicted molar refractivity (Wildman–Crippen MR) is 143 cm³/mol. The Kier molecular flexibility index (Phi) is 9.45. The third-order valence-electron chi connectivity index (χ3n) is 7.30. The molecule has 1 N–H and O–H groups in total. The second-order valence-corrected chi connectivity index (χ2v) is 9.89. The van der Waals surface area contributed by atoms with Gasteiger partial charge in [-0.15, -0.1) is 0 Å². The van der Waals surface area contributed by atoms with Crippen LogP contribution in [0.3, 0.4) is 0 Å². The number of hydrogen-bond donors (Lipinski definition) is 1. The number of amides is 1. The monoisotopic (exact) mass is 524 g/mol. The van der Waals surface area contributed by atoms with Crippen LogP contribution in [0.15, 0.2) is 60.7 Å². The molecular weight excluding hydrogens is 489 g/mol. The van der Waals surface area contributed by atoms with Crippen molar-refractivity contribution in [2.75, 3.05) is 20.1 Å². The molecule has 1 atom stereocenters. The van der Waals surface area contributed by atoms with E-state index in [0.717, 1.165) is 37.5 Å². The molecule has 1 saturated heterocycles. The summed E-state index contributed by atoms with van der Waals surface area (Å²) in [5.41, 5.74) is 3.99. The fourth-order valence-electron chi connectivity index (χ4n) is 5.00. The number of hydrogen-bond acceptors (Lipinski definition) is 3. The van der Waals surface area contributed by atoms with Crippen LogP contribution in [0, 0.1) is 17.5 Å². The van der Waals surface area contributed by atoms with Gasteiger partial charge in [0.1, 0.15) is 17.7 Å². The SMILES string of the molecule is CCc1ccccc1Cc1ccc(OC2CCN(C(=O)C[C@@H](Cc3cc(F)c(F)cc3F)NC)CC2)cc1. The van der Waals surface area contributed by atoms with E-state index in [1.807, 2.05) is 12.1 Å². The third-order valence-corrected chi connectivity index (χ3v) is 7.30. The normalized spacial score (nSPS) is 14.9. The smallest absolute Gasteiger partial charge is 0.224 e. The molecule has 0 bridgehead atoms. The van der Waals surface area contributed by atoms with Crippen LogP contribution >= 0.6 is 0 Å². The highest BCUT2D eigenvalue weighted by Gasteiger charge is 2.26. The van der Waals surface area contributed by atoms with E-state index < -0.39 is 23.5 Å². The highest BCUT2D eigenvalue weighted by molar-refractivity contribution is 5.77. The lowest BCUT2D eigenvalue weighted by Crippen LogP contribution is -2.44. The van der Waals surface area contributed by atoms with Gasteiger partial charge in [0.2, 0.25) is 5.91 Å². The molecule has 0 aliphatic carbocycles. The zero-order chi connectivity index (χ0) is 27.1. The first-order valence-electron chi connectivity index (χ1n) is 13.3. The molecule has 1 aliphatic rings. The first-order chi connectivity index (χ1) is 18.4. The summed E-state index contributed by atoms with van der Waals surface area (Å²) in [5, 5.41) is 2.99. The molecule has 3 aromatic rings. The summed E-state index contributed by atoms with van der Waals surface area (Å²) in [6.45, 7) is 3.32. The highest BCUT2D eigenvalue weighted by atomic mass is 19.2. The van der Waals surface area contributed by atoms with Crippen molar-refractivity contribution in [3.05, 3.63) is 100 Å². The fourth-order valence-corrected chi connectivity index (χ4v) is 5.00. The van der Waals surface area contributed by atoms with Crippen LogP contribution in [-0.2, 0) is 24.1 Å². The average Bonchev–Trinajstić information content (AvgIpc) is 2.93. The van der Waals surface area contributed by atoms with Crippen molar-refractivity contribution >= 4 is 5.91 Å². The van der Waals surface area contributed by atoms with Gasteiger partial charge < -0.3 is 15.0 Å². The molecule has 1 aliphatic heterocycles. The van der Waals surface area contributed by atoms with Gasteiger partial charge in [-0.1, -0.05) is 43.3 Å². The summed E-state index contributed by atoms with van der Waals surface area (Å²) < 4.78 is 47.0. The number of aryl methyl sites for hydroxylation is 1. The average molecular weight is 525 g/mol. The number of halogens is 3. The lowest BCUT2D eigenvalue weighted by atomic mass is 9.98. The quantitative estimate of drug-likeness (QED) is 0.339. The fraction of sp³-hybridized carbons (Fsp3) is 0.387. The molecule has 1 heterocycles. The summed E-state index contributed by atoms with van der Waals surface area (Å²) >= 11 is 0. The molecule has 0 aromatic heterocycles. The van der Waals surface area contributed by atoms with Crippen LogP contribution in [0.4, 0.5) is 13.2 Å². The molecule has 0 radical (unpaired) electrons. The van der Waals surface area contributed by atoms with Crippen molar-refractivity contribution in [1.29, 1.82) is 0 Å². The van der Waals surface area contributed by atoms with E-state index in [1.54, 1.807) is 11.9 Å². The van der Waals surface area contributed by atoms with Gasteiger partial charge in [0.25, 0.3) is 0 Å². The Balaban J connectivity index is 1.25. The van der Waals surface area contributed by atoms with Gasteiger partial charge in [-0.05, 0) is 66.8 Å². The van der Waals surface area contributed by atoms with Crippen molar-refractivity contribution in [1.82, 2.24) is 10.2 Å². The van der Waals surface area contributed by atoms with E-state index in [4.69, 9.17) is 4.74 Å². The van der Waals surface area contributed by atoms with Gasteiger partial charge in [0.05, 0.1) is 0 Å². The van der Waals surface area contributed by atoms with Crippen LogP contribution < -0.4 is 10.1 Å². The van der Waals surface area contributed by atoms with Crippen molar-refractivity contribution < 1.29 is 22.7 Å². The minimum atomic E-state index is -1.22. The Morgan fingerprint density at radius 3 is 2.26 bits per heavy atom. The number of likely N-dealkylation sites (N-methyl/N-ethyl adjacent to an activating group) is 1. The first kappa shape index (κ1) is 27.7. The lowest BCUT2D eigenvalue weighted by molar-refractivity contribution is -0.133. The number of rotatable bonds is 10. The molecule has 202 valence electrons. The van der Waals surface area contributed by atoms with Crippen LogP contribution in [0.5, 0.6) is 5.75 Å². The van der Waals surface area contributed by atoms with Crippen molar-refractivity contribution in [2.45, 2.75) is 57.6 Å². The third kappa shape index (κ3) is 7.16. The Hall–Kier alpha value is -3.32. The summed E-state index contributed by atoms with van der Waals surface area (Å²) in [6, 6.07) is 17.8. The zero-order valence-electron chi connectivity index (χ0n) is 22.0. The van der Waals surface area contributed by atoms with E-state index in [9.17, 15) is 18.0 Å². The van der Waals surface area contributed by atoms with Gasteiger partial charge in [0.15, 0.2) is 11.6 Å². The molecule has 0 saturated carbocycles. The maximum Gasteiger partial charge on any atom is 0.224 e. The second-order valence-electron chi connectivity index (χ2n) is 9.89. The van der Waals surface area contributed by atoms with E-state index in [0.29, 0.717) is 19.2 Å². The standard InChI is InChI=1S/C31H35F3N2O2/c1-3-22-6-4-5-7-23(22)16-21-8-10-26(11-9-21)38-27-12-14-36(15-13-27)31(37)19-25(35-2)17-24-18-29(33)30(34)20-28(24)32/h4-11,18,20,25,27,35H,3,12-17,19H2,1-2H3/t25-/m1/s1. The number of nitrogens with one attached hydrogen (secondary N) is 1. The topological polar surface area (TPSA) is 41.6 Å². The minimum absolute atomic E-state index is 0.0297. The van der Waals surface area contributed by atoms with Crippen molar-refractivity contribution in [2.24, 2.45) is 0 Å². The minimum Gasteiger partial charge on any atom is -0.490 e. The lowest BCUT2D eigenvalue weighted by Gasteiger charge is -2.33. The molecule has 3 aromatic carbocycles. The van der Waals surface area contributed by atoms with Gasteiger partial charge in [-0.25, -0.2) is 13.2 Å². The van der Waals surface area contributed by atoms with Crippen LogP contribution in [0.1, 0.15) is 48.4 Å². The van der Waals surface area contributed by atoms with Crippen LogP contribution in [0.25, 0.3) is 0 Å². The molecule has 0 spiro atoms. The Morgan fingerprint density at radius 1 is 0.947 bits per heavy atom. The van der Waals surface area contributed by atoms with Gasteiger partial charge in [-0.3, -0.25) is 4.79 Å². The molecule has 1 amide bonds. The summed E-state index contributed by atoms with van der Waals surface area (Å²) in [4.78, 5) is 14.7. The number of carbonyl (C=O) groups is 1. The second kappa shape index (κ2) is 13.0. The molecule has 7 heteroatoms. The molecular formula is C31H35F3N2O2. The van der Waals surface area contributed by atoms with Crippen molar-refractivity contribution in [3.63, 3.8) is 0 Å². The van der Waals surface area contributed by atoms with E-state index in [2.05, 4.69) is 48.6 Å². The molecule has 1 fully saturated rings. The Morgan fingerprint density at radius 2 is 1.61 bits per heavy atom. The van der Waals surface area contributed by atoms with E-state index in [-0.39, 0.29) is 30.4 Å². The Bertz CT molecular complexity index is 1220. The number of piperidine rings is 1. The van der Waals surface area contributed by atoms with Gasteiger partial charge >= 0.3 is 0 Å². The molecule has 4 rings (SSSR count). The summed E-state index contributed by atoms with van der Waals surface area (Å²) in [7, 11) is 1.67. The number of ether oxygens (including phenoxy) is 1. The largest absolute Gasteiger partial charge is 0.490 e. The van der Waals surface area contributed by atoms with Gasteiger partial charge in [-0.2, -0.15) is 0 Å². The summed E-state index contributed by atoms with van der Waals surface area (Å²) in [5.74, 6) is -2.36. The maximum atomic E-state index is 14.0. The molecule has 4 nitrogen and oxygen atoms in total. The number of nitrogens with zero attached hydrogens (tertiary/aromatic N) is 1. The van der Waals surface area contributed by atoms with Gasteiger partial charge in [0, 0.05) is 44.5 Å². The molecule has 0 unspecified atom stereocenters. The highest BCUT2D eigenvalue weighted by Crippen LogP contribution is 2.23. The van der Waals surface area contributed by atoms with E-state index >= 15 is 0 Å². The first-order valence-corrected chi connectivity index (χ1v) is 13.3. The number of carbonyl (C=O) groups excluding carboxylic acids is 1. The number of likely N-dealkylation sites (tertiary alicyclic amines) is 1. The number of benzene rings is 3. The molecule has 38 heavy (non-hydrogen) atoms. The van der Waals surface area contributed by atoms with Crippen LogP contribution in [0.2, 0.25) is 0 Å².